The number of hydrogen-bond acceptors (Lipinski definition) is 2. The summed E-state index contributed by atoms with van der Waals surface area (Å²) in [5, 5.41) is 0. The van der Waals surface area contributed by atoms with E-state index in [1.807, 2.05) is 0 Å². The van der Waals surface area contributed by atoms with Gasteiger partial charge >= 0.3 is 0 Å². The molecule has 1 rings (SSSR count). The van der Waals surface area contributed by atoms with Gasteiger partial charge in [-0.05, 0) is 38.9 Å². The first-order chi connectivity index (χ1) is 4.33. The minimum Gasteiger partial charge on any atom is -0.330 e. The number of nitrogens with zero attached hydrogens (tertiary/aromatic N) is 1. The van der Waals surface area contributed by atoms with Crippen LogP contribution in [-0.2, 0) is 0 Å². The molecule has 56 valence electrons. The van der Waals surface area contributed by atoms with Crippen molar-refractivity contribution in [3.63, 3.8) is 0 Å². The van der Waals surface area contributed by atoms with Gasteiger partial charge in [-0.2, -0.15) is 0 Å². The van der Waals surface area contributed by atoms with Crippen LogP contribution in [-0.4, -0.2) is 31.6 Å². The van der Waals surface area contributed by atoms with Crippen molar-refractivity contribution in [1.29, 1.82) is 0 Å². The molecule has 0 aliphatic carbocycles. The summed E-state index contributed by atoms with van der Waals surface area (Å²) in [6.07, 6.45) is 2.57. The lowest BCUT2D eigenvalue weighted by molar-refractivity contribution is 0.389. The van der Waals surface area contributed by atoms with Gasteiger partial charge in [0.2, 0.25) is 0 Å². The van der Waals surface area contributed by atoms with Gasteiger partial charge in [0.25, 0.3) is 0 Å². The molecule has 0 spiro atoms. The van der Waals surface area contributed by atoms with Gasteiger partial charge in [-0.25, -0.2) is 0 Å². The quantitative estimate of drug-likeness (QED) is 0.591. The van der Waals surface area contributed by atoms with E-state index in [2.05, 4.69) is 11.9 Å². The molecule has 2 nitrogen and oxygen atoms in total. The standard InChI is InChI=1S/C7H16N2.H2/c1-9-5-3-7(6-9)2-4-8;/h7H,2-6,8H2,1H3;1H/t7-;/m1./s1. The van der Waals surface area contributed by atoms with Gasteiger partial charge in [0.1, 0.15) is 0 Å². The summed E-state index contributed by atoms with van der Waals surface area (Å²) in [7, 11) is 2.18. The van der Waals surface area contributed by atoms with Crippen LogP contribution in [0.2, 0.25) is 0 Å². The number of hydrogen-bond donors (Lipinski definition) is 1. The van der Waals surface area contributed by atoms with Crippen molar-refractivity contribution in [2.24, 2.45) is 11.7 Å². The minimum atomic E-state index is 0. The normalized spacial score (nSPS) is 29.3. The second-order valence-corrected chi connectivity index (χ2v) is 2.99. The van der Waals surface area contributed by atoms with Crippen molar-refractivity contribution >= 4 is 0 Å². The molecular weight excluding hydrogens is 112 g/mol. The largest absolute Gasteiger partial charge is 0.330 e. The maximum absolute atomic E-state index is 5.44. The third kappa shape index (κ3) is 1.95. The molecule has 0 unspecified atom stereocenters. The topological polar surface area (TPSA) is 29.3 Å². The van der Waals surface area contributed by atoms with Crippen molar-refractivity contribution in [3.05, 3.63) is 0 Å². The maximum Gasteiger partial charge on any atom is 0.000756 e. The molecule has 0 saturated carbocycles. The van der Waals surface area contributed by atoms with Gasteiger partial charge < -0.3 is 10.6 Å². The first-order valence-electron chi connectivity index (χ1n) is 3.71. The van der Waals surface area contributed by atoms with Gasteiger partial charge in [-0.1, -0.05) is 0 Å². The van der Waals surface area contributed by atoms with Crippen LogP contribution in [0, 0.1) is 5.92 Å². The van der Waals surface area contributed by atoms with Crippen molar-refractivity contribution in [3.8, 4) is 0 Å². The van der Waals surface area contributed by atoms with Gasteiger partial charge in [0, 0.05) is 7.97 Å². The lowest BCUT2D eigenvalue weighted by atomic mass is 10.1. The summed E-state index contributed by atoms with van der Waals surface area (Å²) in [5.41, 5.74) is 5.44. The summed E-state index contributed by atoms with van der Waals surface area (Å²) >= 11 is 0. The second kappa shape index (κ2) is 3.18. The Morgan fingerprint density at radius 3 is 3.00 bits per heavy atom. The molecule has 1 atom stereocenters. The first-order valence-corrected chi connectivity index (χ1v) is 3.71. The zero-order valence-corrected chi connectivity index (χ0v) is 6.14. The molecule has 0 aromatic carbocycles. The van der Waals surface area contributed by atoms with E-state index >= 15 is 0 Å². The molecule has 0 bridgehead atoms. The average Bonchev–Trinajstić information content (AvgIpc) is 2.17. The summed E-state index contributed by atoms with van der Waals surface area (Å²) < 4.78 is 0. The molecule has 2 N–H and O–H groups in total. The van der Waals surface area contributed by atoms with E-state index < -0.39 is 0 Å². The molecule has 0 aromatic rings. The van der Waals surface area contributed by atoms with E-state index in [-0.39, 0.29) is 1.43 Å². The lowest BCUT2D eigenvalue weighted by Gasteiger charge is -2.07. The fourth-order valence-electron chi connectivity index (χ4n) is 1.50. The van der Waals surface area contributed by atoms with Gasteiger partial charge in [0.05, 0.1) is 0 Å². The highest BCUT2D eigenvalue weighted by Gasteiger charge is 2.17. The Hall–Kier alpha value is -0.0800. The molecular formula is C7H18N2. The lowest BCUT2D eigenvalue weighted by Crippen LogP contribution is -2.15. The van der Waals surface area contributed by atoms with Crippen LogP contribution in [0.1, 0.15) is 14.3 Å². The minimum absolute atomic E-state index is 0. The van der Waals surface area contributed by atoms with Crippen molar-refractivity contribution in [2.75, 3.05) is 26.7 Å². The van der Waals surface area contributed by atoms with Gasteiger partial charge in [-0.3, -0.25) is 0 Å². The Balaban J connectivity index is 0.000000810. The number of rotatable bonds is 2. The molecule has 1 saturated heterocycles. The van der Waals surface area contributed by atoms with Crippen LogP contribution in [0.4, 0.5) is 0 Å². The third-order valence-electron chi connectivity index (χ3n) is 2.06. The fourth-order valence-corrected chi connectivity index (χ4v) is 1.50. The Morgan fingerprint density at radius 2 is 2.56 bits per heavy atom. The zero-order valence-electron chi connectivity index (χ0n) is 6.14. The molecule has 0 aromatic heterocycles. The molecule has 1 aliphatic rings. The molecule has 0 radical (unpaired) electrons. The molecule has 1 fully saturated rings. The van der Waals surface area contributed by atoms with E-state index in [9.17, 15) is 0 Å². The van der Waals surface area contributed by atoms with Crippen LogP contribution in [0.3, 0.4) is 0 Å². The summed E-state index contributed by atoms with van der Waals surface area (Å²) in [6.45, 7) is 3.39. The van der Waals surface area contributed by atoms with Crippen molar-refractivity contribution in [2.45, 2.75) is 12.8 Å². The second-order valence-electron chi connectivity index (χ2n) is 2.99. The highest BCUT2D eigenvalue weighted by molar-refractivity contribution is 4.72. The Labute approximate surface area is 58.5 Å². The highest BCUT2D eigenvalue weighted by Crippen LogP contribution is 2.16. The third-order valence-corrected chi connectivity index (χ3v) is 2.06. The van der Waals surface area contributed by atoms with Crippen molar-refractivity contribution in [1.82, 2.24) is 4.90 Å². The zero-order chi connectivity index (χ0) is 6.69. The van der Waals surface area contributed by atoms with E-state index in [1.54, 1.807) is 0 Å². The smallest absolute Gasteiger partial charge is 0.000756 e. The molecule has 9 heavy (non-hydrogen) atoms. The Kier molecular flexibility index (Phi) is 2.49. The SMILES string of the molecule is CN1CC[C@@H](CCN)C1.[HH]. The highest BCUT2D eigenvalue weighted by atomic mass is 15.1. The van der Waals surface area contributed by atoms with E-state index in [4.69, 9.17) is 5.73 Å². The van der Waals surface area contributed by atoms with Crippen molar-refractivity contribution < 1.29 is 1.43 Å². The van der Waals surface area contributed by atoms with E-state index in [0.717, 1.165) is 12.5 Å². The van der Waals surface area contributed by atoms with Crippen LogP contribution < -0.4 is 5.73 Å². The maximum atomic E-state index is 5.44. The Bertz CT molecular complexity index is 85.7. The summed E-state index contributed by atoms with van der Waals surface area (Å²) in [5.74, 6) is 0.889. The summed E-state index contributed by atoms with van der Waals surface area (Å²) in [4.78, 5) is 2.38. The molecule has 1 aliphatic heterocycles. The fraction of sp³-hybridized carbons (Fsp3) is 1.00. The average molecular weight is 130 g/mol. The van der Waals surface area contributed by atoms with Gasteiger partial charge in [0.15, 0.2) is 0 Å². The predicted molar refractivity (Wildman–Crippen MR) is 41.4 cm³/mol. The molecule has 0 amide bonds. The predicted octanol–water partition coefficient (Wildman–Crippen LogP) is 0.533. The van der Waals surface area contributed by atoms with E-state index in [0.29, 0.717) is 0 Å². The van der Waals surface area contributed by atoms with Gasteiger partial charge in [-0.15, -0.1) is 0 Å². The molecule has 1 heterocycles. The monoisotopic (exact) mass is 130 g/mol. The Morgan fingerprint density at radius 1 is 1.78 bits per heavy atom. The number of likely N-dealkylation sites (tertiary alicyclic amines) is 1. The van der Waals surface area contributed by atoms with Crippen LogP contribution in [0.5, 0.6) is 0 Å². The summed E-state index contributed by atoms with van der Waals surface area (Å²) in [6, 6.07) is 0. The van der Waals surface area contributed by atoms with E-state index in [1.165, 1.54) is 25.9 Å². The first kappa shape index (κ1) is 7.03. The molecule has 2 heteroatoms. The van der Waals surface area contributed by atoms with Crippen LogP contribution in [0.15, 0.2) is 0 Å². The van der Waals surface area contributed by atoms with Crippen LogP contribution >= 0.6 is 0 Å². The number of nitrogens with two attached hydrogens (primary N) is 1. The van der Waals surface area contributed by atoms with Crippen LogP contribution in [0.25, 0.3) is 0 Å².